The van der Waals surface area contributed by atoms with Gasteiger partial charge in [0.25, 0.3) is 0 Å². The van der Waals surface area contributed by atoms with Crippen molar-refractivity contribution in [1.29, 1.82) is 0 Å². The molecule has 2 heteroatoms. The van der Waals surface area contributed by atoms with Crippen molar-refractivity contribution in [2.24, 2.45) is 0 Å². The molecule has 19 heavy (non-hydrogen) atoms. The first-order chi connectivity index (χ1) is 9.24. The Hall–Kier alpha value is -1.12. The first kappa shape index (κ1) is 14.3. The van der Waals surface area contributed by atoms with Crippen LogP contribution in [-0.4, -0.2) is 7.05 Å². The lowest BCUT2D eigenvalue weighted by Gasteiger charge is -2.18. The first-order valence-corrected chi connectivity index (χ1v) is 7.55. The van der Waals surface area contributed by atoms with E-state index in [2.05, 4.69) is 76.7 Å². The van der Waals surface area contributed by atoms with Crippen molar-refractivity contribution < 1.29 is 0 Å². The van der Waals surface area contributed by atoms with Crippen LogP contribution < -0.4 is 5.32 Å². The van der Waals surface area contributed by atoms with Gasteiger partial charge in [-0.1, -0.05) is 65.7 Å². The van der Waals surface area contributed by atoms with E-state index < -0.39 is 0 Å². The topological polar surface area (TPSA) is 12.0 Å². The largest absolute Gasteiger partial charge is 0.309 e. The highest BCUT2D eigenvalue weighted by Gasteiger charge is 2.11. The third-order valence-electron chi connectivity index (χ3n) is 3.32. The number of hydrogen-bond donors (Lipinski definition) is 1. The molecular weight excluding hydrogens is 298 g/mol. The van der Waals surface area contributed by atoms with Crippen LogP contribution in [0.4, 0.5) is 0 Å². The van der Waals surface area contributed by atoms with E-state index in [0.717, 1.165) is 10.9 Å². The number of rotatable bonds is 5. The summed E-state index contributed by atoms with van der Waals surface area (Å²) in [4.78, 5) is 0. The predicted molar refractivity (Wildman–Crippen MR) is 85.5 cm³/mol. The first-order valence-electron chi connectivity index (χ1n) is 6.76. The van der Waals surface area contributed by atoms with Crippen LogP contribution in [0.25, 0.3) is 0 Å². The fourth-order valence-electron chi connectivity index (χ4n) is 2.40. The maximum absolute atomic E-state index is 3.48. The standard InChI is InChI=1S/C17H20BrN/c1-3-5-13-6-4-7-15(12-13)17(19-2)14-8-10-16(18)11-9-14/h4,6-12,17,19H,3,5H2,1-2H3. The molecule has 0 spiro atoms. The molecular formula is C17H20BrN. The molecule has 2 rings (SSSR count). The van der Waals surface area contributed by atoms with E-state index >= 15 is 0 Å². The molecule has 1 atom stereocenters. The Bertz CT molecular complexity index is 519. The normalized spacial score (nSPS) is 12.4. The SMILES string of the molecule is CCCc1cccc(C(NC)c2ccc(Br)cc2)c1. The van der Waals surface area contributed by atoms with Crippen molar-refractivity contribution in [1.82, 2.24) is 5.32 Å². The van der Waals surface area contributed by atoms with Gasteiger partial charge < -0.3 is 5.32 Å². The average molecular weight is 318 g/mol. The molecule has 0 radical (unpaired) electrons. The minimum absolute atomic E-state index is 0.255. The summed E-state index contributed by atoms with van der Waals surface area (Å²) in [6, 6.07) is 17.6. The Labute approximate surface area is 124 Å². The summed E-state index contributed by atoms with van der Waals surface area (Å²) in [6.45, 7) is 2.22. The smallest absolute Gasteiger partial charge is 0.0574 e. The quantitative estimate of drug-likeness (QED) is 0.842. The summed E-state index contributed by atoms with van der Waals surface area (Å²) in [5.74, 6) is 0. The highest BCUT2D eigenvalue weighted by molar-refractivity contribution is 9.10. The van der Waals surface area contributed by atoms with Gasteiger partial charge in [-0.25, -0.2) is 0 Å². The van der Waals surface area contributed by atoms with E-state index in [9.17, 15) is 0 Å². The second-order valence-electron chi connectivity index (χ2n) is 4.77. The highest BCUT2D eigenvalue weighted by Crippen LogP contribution is 2.24. The van der Waals surface area contributed by atoms with Gasteiger partial charge in [0, 0.05) is 4.47 Å². The van der Waals surface area contributed by atoms with E-state index in [1.165, 1.54) is 23.1 Å². The van der Waals surface area contributed by atoms with Crippen molar-refractivity contribution in [2.75, 3.05) is 7.05 Å². The summed E-state index contributed by atoms with van der Waals surface area (Å²) in [7, 11) is 2.01. The van der Waals surface area contributed by atoms with E-state index in [1.54, 1.807) is 0 Å². The molecule has 1 unspecified atom stereocenters. The third kappa shape index (κ3) is 3.68. The van der Waals surface area contributed by atoms with Gasteiger partial charge in [-0.2, -0.15) is 0 Å². The van der Waals surface area contributed by atoms with Crippen molar-refractivity contribution >= 4 is 15.9 Å². The zero-order valence-corrected chi connectivity index (χ0v) is 13.1. The van der Waals surface area contributed by atoms with Crippen LogP contribution in [0.1, 0.15) is 36.1 Å². The molecule has 0 amide bonds. The lowest BCUT2D eigenvalue weighted by molar-refractivity contribution is 0.690. The summed E-state index contributed by atoms with van der Waals surface area (Å²) < 4.78 is 1.12. The molecule has 0 aromatic heterocycles. The molecule has 100 valence electrons. The average Bonchev–Trinajstić information content (AvgIpc) is 2.43. The Kier molecular flexibility index (Phi) is 5.17. The van der Waals surface area contributed by atoms with Crippen LogP contribution in [0.3, 0.4) is 0 Å². The van der Waals surface area contributed by atoms with E-state index in [4.69, 9.17) is 0 Å². The van der Waals surface area contributed by atoms with Crippen molar-refractivity contribution in [3.05, 3.63) is 69.7 Å². The molecule has 0 fully saturated rings. The summed E-state index contributed by atoms with van der Waals surface area (Å²) in [5.41, 5.74) is 4.03. The molecule has 0 bridgehead atoms. The van der Waals surface area contributed by atoms with Crippen LogP contribution in [-0.2, 0) is 6.42 Å². The minimum atomic E-state index is 0.255. The van der Waals surface area contributed by atoms with Gasteiger partial charge in [-0.3, -0.25) is 0 Å². The van der Waals surface area contributed by atoms with Crippen LogP contribution >= 0.6 is 15.9 Å². The highest BCUT2D eigenvalue weighted by atomic mass is 79.9. The predicted octanol–water partition coefficient (Wildman–Crippen LogP) is 4.71. The molecule has 0 aliphatic carbocycles. The lowest BCUT2D eigenvalue weighted by atomic mass is 9.96. The second kappa shape index (κ2) is 6.88. The van der Waals surface area contributed by atoms with Gasteiger partial charge in [0.05, 0.1) is 6.04 Å². The van der Waals surface area contributed by atoms with E-state index in [0.29, 0.717) is 0 Å². The number of benzene rings is 2. The van der Waals surface area contributed by atoms with E-state index in [-0.39, 0.29) is 6.04 Å². The second-order valence-corrected chi connectivity index (χ2v) is 5.68. The maximum Gasteiger partial charge on any atom is 0.0574 e. The maximum atomic E-state index is 3.48. The van der Waals surface area contributed by atoms with Gasteiger partial charge in [0.2, 0.25) is 0 Å². The van der Waals surface area contributed by atoms with Gasteiger partial charge in [-0.05, 0) is 42.3 Å². The van der Waals surface area contributed by atoms with Gasteiger partial charge in [0.1, 0.15) is 0 Å². The van der Waals surface area contributed by atoms with Gasteiger partial charge in [-0.15, -0.1) is 0 Å². The molecule has 2 aromatic carbocycles. The monoisotopic (exact) mass is 317 g/mol. The van der Waals surface area contributed by atoms with Crippen molar-refractivity contribution in [3.63, 3.8) is 0 Å². The zero-order chi connectivity index (χ0) is 13.7. The Morgan fingerprint density at radius 1 is 1.05 bits per heavy atom. The molecule has 0 heterocycles. The minimum Gasteiger partial charge on any atom is -0.309 e. The molecule has 0 saturated heterocycles. The molecule has 0 aliphatic rings. The number of aryl methyl sites for hydroxylation is 1. The third-order valence-corrected chi connectivity index (χ3v) is 3.84. The van der Waals surface area contributed by atoms with Crippen LogP contribution in [0.15, 0.2) is 53.0 Å². The van der Waals surface area contributed by atoms with Gasteiger partial charge in [0.15, 0.2) is 0 Å². The van der Waals surface area contributed by atoms with E-state index in [1.807, 2.05) is 7.05 Å². The molecule has 0 aliphatic heterocycles. The fraction of sp³-hybridized carbons (Fsp3) is 0.294. The van der Waals surface area contributed by atoms with Crippen LogP contribution in [0.5, 0.6) is 0 Å². The summed E-state index contributed by atoms with van der Waals surface area (Å²) in [5, 5.41) is 3.41. The molecule has 2 aromatic rings. The van der Waals surface area contributed by atoms with Crippen LogP contribution in [0, 0.1) is 0 Å². The fourth-order valence-corrected chi connectivity index (χ4v) is 2.66. The lowest BCUT2D eigenvalue weighted by Crippen LogP contribution is -2.17. The van der Waals surface area contributed by atoms with Gasteiger partial charge >= 0.3 is 0 Å². The summed E-state index contributed by atoms with van der Waals surface area (Å²) in [6.07, 6.45) is 2.33. The number of hydrogen-bond acceptors (Lipinski definition) is 1. The number of halogens is 1. The Morgan fingerprint density at radius 2 is 1.79 bits per heavy atom. The zero-order valence-electron chi connectivity index (χ0n) is 11.5. The van der Waals surface area contributed by atoms with Crippen molar-refractivity contribution in [3.8, 4) is 0 Å². The molecule has 0 saturated carbocycles. The molecule has 1 nitrogen and oxygen atoms in total. The number of nitrogens with one attached hydrogen (secondary N) is 1. The Morgan fingerprint density at radius 3 is 2.42 bits per heavy atom. The van der Waals surface area contributed by atoms with Crippen molar-refractivity contribution in [2.45, 2.75) is 25.8 Å². The Balaban J connectivity index is 2.30. The van der Waals surface area contributed by atoms with Crippen LogP contribution in [0.2, 0.25) is 0 Å². The summed E-state index contributed by atoms with van der Waals surface area (Å²) >= 11 is 3.48. The molecule has 1 N–H and O–H groups in total.